The first kappa shape index (κ1) is 14.5. The number of carboxylic acid groups (broad SMARTS) is 1. The zero-order chi connectivity index (χ0) is 15.5. The number of carbonyl (C=O) groups is 1. The molecule has 5 heteroatoms. The molecule has 5 nitrogen and oxygen atoms in total. The Morgan fingerprint density at radius 1 is 1.18 bits per heavy atom. The number of rotatable bonds is 3. The first-order chi connectivity index (χ1) is 10.7. The molecule has 0 unspecified atom stereocenters. The van der Waals surface area contributed by atoms with Gasteiger partial charge in [0.15, 0.2) is 5.82 Å². The molecule has 0 saturated carbocycles. The number of piperidine rings is 1. The molecule has 0 amide bonds. The second-order valence-electron chi connectivity index (χ2n) is 5.60. The number of carboxylic acids is 1. The van der Waals surface area contributed by atoms with Crippen LogP contribution in [0.2, 0.25) is 0 Å². The van der Waals surface area contributed by atoms with E-state index in [0.717, 1.165) is 37.1 Å². The van der Waals surface area contributed by atoms with Gasteiger partial charge >= 0.3 is 5.97 Å². The molecular formula is C17H19N3O2. The molecule has 1 aromatic heterocycles. The van der Waals surface area contributed by atoms with Crippen LogP contribution in [0, 0.1) is 6.92 Å². The van der Waals surface area contributed by atoms with Crippen LogP contribution in [0.5, 0.6) is 0 Å². The van der Waals surface area contributed by atoms with E-state index in [4.69, 9.17) is 0 Å². The van der Waals surface area contributed by atoms with Crippen molar-refractivity contribution in [1.29, 1.82) is 0 Å². The maximum atomic E-state index is 11.5. The smallest absolute Gasteiger partial charge is 0.341 e. The van der Waals surface area contributed by atoms with Crippen molar-refractivity contribution in [3.05, 3.63) is 41.6 Å². The van der Waals surface area contributed by atoms with Gasteiger partial charge in [0.1, 0.15) is 11.4 Å². The van der Waals surface area contributed by atoms with Gasteiger partial charge in [0.2, 0.25) is 0 Å². The predicted octanol–water partition coefficient (Wildman–Crippen LogP) is 3.14. The lowest BCUT2D eigenvalue weighted by Gasteiger charge is -2.28. The summed E-state index contributed by atoms with van der Waals surface area (Å²) in [7, 11) is 0. The summed E-state index contributed by atoms with van der Waals surface area (Å²) < 4.78 is 0. The lowest BCUT2D eigenvalue weighted by atomic mass is 10.1. The number of aromatic carboxylic acids is 1. The Bertz CT molecular complexity index is 694. The number of nitrogens with zero attached hydrogens (tertiary/aromatic N) is 3. The van der Waals surface area contributed by atoms with Crippen molar-refractivity contribution in [1.82, 2.24) is 9.97 Å². The fourth-order valence-corrected chi connectivity index (χ4v) is 2.82. The molecular weight excluding hydrogens is 278 g/mol. The number of benzene rings is 1. The fraction of sp³-hybridized carbons (Fsp3) is 0.353. The Hall–Kier alpha value is -2.43. The van der Waals surface area contributed by atoms with Gasteiger partial charge in [-0.15, -0.1) is 0 Å². The summed E-state index contributed by atoms with van der Waals surface area (Å²) in [4.78, 5) is 22.4. The molecule has 0 bridgehead atoms. The highest BCUT2D eigenvalue weighted by atomic mass is 16.4. The van der Waals surface area contributed by atoms with Gasteiger partial charge in [-0.25, -0.2) is 14.8 Å². The third-order valence-electron chi connectivity index (χ3n) is 4.04. The molecule has 114 valence electrons. The van der Waals surface area contributed by atoms with Crippen LogP contribution in [0.4, 0.5) is 5.82 Å². The Balaban J connectivity index is 2.07. The Kier molecular flexibility index (Phi) is 4.04. The number of aromatic nitrogens is 2. The zero-order valence-electron chi connectivity index (χ0n) is 12.6. The maximum Gasteiger partial charge on any atom is 0.341 e. The van der Waals surface area contributed by atoms with E-state index in [0.29, 0.717) is 11.6 Å². The van der Waals surface area contributed by atoms with E-state index in [9.17, 15) is 9.90 Å². The molecule has 0 atom stereocenters. The van der Waals surface area contributed by atoms with E-state index >= 15 is 0 Å². The SMILES string of the molecule is Cc1ccccc1-c1ncc(C(=O)O)c(N2CCCCC2)n1. The summed E-state index contributed by atoms with van der Waals surface area (Å²) >= 11 is 0. The molecule has 0 aliphatic carbocycles. The highest BCUT2D eigenvalue weighted by Crippen LogP contribution is 2.26. The number of hydrogen-bond donors (Lipinski definition) is 1. The van der Waals surface area contributed by atoms with Gasteiger partial charge in [0, 0.05) is 24.8 Å². The second kappa shape index (κ2) is 6.13. The van der Waals surface area contributed by atoms with E-state index in [2.05, 4.69) is 14.9 Å². The summed E-state index contributed by atoms with van der Waals surface area (Å²) in [5.74, 6) is 0.154. The van der Waals surface area contributed by atoms with Gasteiger partial charge in [0.25, 0.3) is 0 Å². The van der Waals surface area contributed by atoms with Crippen LogP contribution < -0.4 is 4.90 Å². The molecule has 2 aromatic rings. The summed E-state index contributed by atoms with van der Waals surface area (Å²) in [6, 6.07) is 7.88. The number of anilines is 1. The number of aryl methyl sites for hydroxylation is 1. The standard InChI is InChI=1S/C17H19N3O2/c1-12-7-3-4-8-13(12)15-18-11-14(17(21)22)16(19-15)20-9-5-2-6-10-20/h3-4,7-8,11H,2,5-6,9-10H2,1H3,(H,21,22). The molecule has 3 rings (SSSR count). The van der Waals surface area contributed by atoms with Gasteiger partial charge < -0.3 is 10.0 Å². The third-order valence-corrected chi connectivity index (χ3v) is 4.04. The van der Waals surface area contributed by atoms with Gasteiger partial charge in [-0.1, -0.05) is 24.3 Å². The monoisotopic (exact) mass is 297 g/mol. The molecule has 1 aliphatic heterocycles. The largest absolute Gasteiger partial charge is 0.477 e. The minimum Gasteiger partial charge on any atom is -0.477 e. The van der Waals surface area contributed by atoms with Crippen molar-refractivity contribution in [3.8, 4) is 11.4 Å². The Morgan fingerprint density at radius 2 is 1.91 bits per heavy atom. The highest BCUT2D eigenvalue weighted by molar-refractivity contribution is 5.93. The van der Waals surface area contributed by atoms with Gasteiger partial charge in [0.05, 0.1) is 0 Å². The van der Waals surface area contributed by atoms with Crippen LogP contribution >= 0.6 is 0 Å². The van der Waals surface area contributed by atoms with Gasteiger partial charge in [-0.3, -0.25) is 0 Å². The zero-order valence-corrected chi connectivity index (χ0v) is 12.6. The number of hydrogen-bond acceptors (Lipinski definition) is 4. The van der Waals surface area contributed by atoms with E-state index in [-0.39, 0.29) is 5.56 Å². The quantitative estimate of drug-likeness (QED) is 0.942. The average molecular weight is 297 g/mol. The van der Waals surface area contributed by atoms with E-state index < -0.39 is 5.97 Å². The van der Waals surface area contributed by atoms with Gasteiger partial charge in [-0.2, -0.15) is 0 Å². The lowest BCUT2D eigenvalue weighted by molar-refractivity contribution is 0.0696. The summed E-state index contributed by atoms with van der Waals surface area (Å²) in [6.07, 6.45) is 4.77. The summed E-state index contributed by atoms with van der Waals surface area (Å²) in [6.45, 7) is 3.71. The molecule has 0 spiro atoms. The van der Waals surface area contributed by atoms with E-state index in [1.54, 1.807) is 0 Å². The molecule has 1 aliphatic rings. The van der Waals surface area contributed by atoms with Crippen LogP contribution in [0.3, 0.4) is 0 Å². The summed E-state index contributed by atoms with van der Waals surface area (Å²) in [5.41, 5.74) is 2.20. The molecule has 0 radical (unpaired) electrons. The molecule has 2 heterocycles. The van der Waals surface area contributed by atoms with Crippen LogP contribution in [-0.2, 0) is 0 Å². The summed E-state index contributed by atoms with van der Waals surface area (Å²) in [5, 5.41) is 9.41. The minimum atomic E-state index is -0.975. The van der Waals surface area contributed by atoms with Crippen molar-refractivity contribution in [2.24, 2.45) is 0 Å². The molecule has 1 N–H and O–H groups in total. The highest BCUT2D eigenvalue weighted by Gasteiger charge is 2.21. The first-order valence-corrected chi connectivity index (χ1v) is 7.58. The normalized spacial score (nSPS) is 14.9. The molecule has 1 saturated heterocycles. The molecule has 1 fully saturated rings. The maximum absolute atomic E-state index is 11.5. The minimum absolute atomic E-state index is 0.180. The molecule has 1 aromatic carbocycles. The van der Waals surface area contributed by atoms with Crippen molar-refractivity contribution >= 4 is 11.8 Å². The second-order valence-corrected chi connectivity index (χ2v) is 5.60. The van der Waals surface area contributed by atoms with Gasteiger partial charge in [-0.05, 0) is 31.7 Å². The van der Waals surface area contributed by atoms with Crippen molar-refractivity contribution in [2.45, 2.75) is 26.2 Å². The van der Waals surface area contributed by atoms with Crippen LogP contribution in [0.15, 0.2) is 30.5 Å². The Labute approximate surface area is 129 Å². The predicted molar refractivity (Wildman–Crippen MR) is 85.2 cm³/mol. The van der Waals surface area contributed by atoms with Crippen molar-refractivity contribution in [2.75, 3.05) is 18.0 Å². The third kappa shape index (κ3) is 2.79. The van der Waals surface area contributed by atoms with E-state index in [1.165, 1.54) is 12.6 Å². The molecule has 22 heavy (non-hydrogen) atoms. The first-order valence-electron chi connectivity index (χ1n) is 7.58. The fourth-order valence-electron chi connectivity index (χ4n) is 2.82. The van der Waals surface area contributed by atoms with Crippen LogP contribution in [0.1, 0.15) is 35.2 Å². The topological polar surface area (TPSA) is 66.3 Å². The van der Waals surface area contributed by atoms with E-state index in [1.807, 2.05) is 31.2 Å². The van der Waals surface area contributed by atoms with Crippen LogP contribution in [0.25, 0.3) is 11.4 Å². The van der Waals surface area contributed by atoms with Crippen molar-refractivity contribution in [3.63, 3.8) is 0 Å². The van der Waals surface area contributed by atoms with Crippen LogP contribution in [-0.4, -0.2) is 34.1 Å². The lowest BCUT2D eigenvalue weighted by Crippen LogP contribution is -2.32. The average Bonchev–Trinajstić information content (AvgIpc) is 2.55. The Morgan fingerprint density at radius 3 is 2.59 bits per heavy atom. The van der Waals surface area contributed by atoms with Crippen molar-refractivity contribution < 1.29 is 9.90 Å².